The zero-order valence-electron chi connectivity index (χ0n) is 93.8. The summed E-state index contributed by atoms with van der Waals surface area (Å²) in [6.07, 6.45) is 36.2. The highest BCUT2D eigenvalue weighted by molar-refractivity contribution is 6.51. The minimum absolute atomic E-state index is 0.00407. The van der Waals surface area contributed by atoms with Crippen LogP contribution in [0.5, 0.6) is 0 Å². The Morgan fingerprint density at radius 1 is 0.257 bits per heavy atom. The normalized spacial score (nSPS) is 14.0. The number of rotatable bonds is 54. The van der Waals surface area contributed by atoms with Gasteiger partial charge in [0.15, 0.2) is 23.3 Å². The smallest absolute Gasteiger partial charge is 0.277 e. The lowest BCUT2D eigenvalue weighted by molar-refractivity contribution is 0.505. The molecule has 24 heteroatoms. The second kappa shape index (κ2) is 58.9. The Bertz CT molecular complexity index is 6070. The Morgan fingerprint density at radius 3 is 0.729 bits per heavy atom. The first-order chi connectivity index (χ1) is 69.7. The number of fused-ring (bicyclic) bond motifs is 4. The summed E-state index contributed by atoms with van der Waals surface area (Å²) >= 11 is 0. The van der Waals surface area contributed by atoms with Gasteiger partial charge in [0.25, 0.3) is 22.2 Å². The van der Waals surface area contributed by atoms with E-state index in [0.717, 1.165) is 426 Å². The number of aromatic nitrogens is 8. The van der Waals surface area contributed by atoms with E-state index in [1.807, 2.05) is 0 Å². The number of hydrogen-bond acceptors (Lipinski definition) is 20. The van der Waals surface area contributed by atoms with Crippen molar-refractivity contribution in [2.24, 2.45) is 45.8 Å². The molecule has 144 heavy (non-hydrogen) atoms. The van der Waals surface area contributed by atoms with Crippen LogP contribution in [0.25, 0.3) is 0 Å². The van der Waals surface area contributed by atoms with Crippen LogP contribution in [0.15, 0.2) is 132 Å². The third-order valence-corrected chi connectivity index (χ3v) is 28.6. The van der Waals surface area contributed by atoms with Crippen molar-refractivity contribution < 1.29 is 0 Å². The monoisotopic (exact) mass is 1970 g/mol. The molecule has 4 aliphatic rings. The topological polar surface area (TPSA) is 251 Å². The van der Waals surface area contributed by atoms with E-state index < -0.39 is 0 Å². The average molecular weight is 1970 g/mol. The molecule has 12 rings (SSSR count). The van der Waals surface area contributed by atoms with Gasteiger partial charge in [-0.1, -0.05) is 193 Å². The van der Waals surface area contributed by atoms with Crippen LogP contribution in [0.1, 0.15) is 429 Å². The summed E-state index contributed by atoms with van der Waals surface area (Å²) < 4.78 is 6.15. The lowest BCUT2D eigenvalue weighted by Crippen LogP contribution is -2.30. The predicted octanol–water partition coefficient (Wildman–Crippen LogP) is 27.9. The Hall–Kier alpha value is -11.0. The fourth-order valence-corrected chi connectivity index (χ4v) is 19.1. The first-order valence-corrected chi connectivity index (χ1v) is 56.4. The third kappa shape index (κ3) is 29.7. The van der Waals surface area contributed by atoms with Gasteiger partial charge in [0.1, 0.15) is 22.8 Å². The Balaban J connectivity index is 0.000000214. The second-order valence-corrected chi connectivity index (χ2v) is 39.9. The number of anilines is 4. The van der Waals surface area contributed by atoms with Crippen LogP contribution in [0.4, 0.5) is 45.5 Å². The molecule has 0 spiro atoms. The molecule has 0 amide bonds. The summed E-state index contributed by atoms with van der Waals surface area (Å²) in [7, 11) is 0. The fourth-order valence-electron chi connectivity index (χ4n) is 19.1. The van der Waals surface area contributed by atoms with E-state index in [9.17, 15) is 19.2 Å². The van der Waals surface area contributed by atoms with Crippen molar-refractivity contribution in [2.75, 3.05) is 72.0 Å². The van der Waals surface area contributed by atoms with Crippen LogP contribution in [-0.4, -0.2) is 137 Å². The van der Waals surface area contributed by atoms with Crippen molar-refractivity contribution >= 4 is 91.2 Å². The molecule has 0 unspecified atom stereocenters. The summed E-state index contributed by atoms with van der Waals surface area (Å²) in [5, 5.41) is 19.3. The van der Waals surface area contributed by atoms with Crippen molar-refractivity contribution in [2.45, 2.75) is 418 Å². The van der Waals surface area contributed by atoms with E-state index in [2.05, 4.69) is 272 Å². The summed E-state index contributed by atoms with van der Waals surface area (Å²) in [6.45, 7) is 64.0. The van der Waals surface area contributed by atoms with Crippen LogP contribution in [0.2, 0.25) is 0 Å². The Morgan fingerprint density at radius 2 is 0.479 bits per heavy atom. The van der Waals surface area contributed by atoms with Crippen molar-refractivity contribution in [1.82, 2.24) is 38.6 Å². The van der Waals surface area contributed by atoms with Gasteiger partial charge in [-0.15, -0.1) is 0 Å². The number of hydrogen-bond donors (Lipinski definition) is 0. The lowest BCUT2D eigenvalue weighted by Gasteiger charge is -2.23. The molecule has 0 saturated heterocycles. The quantitative estimate of drug-likeness (QED) is 0.0323. The summed E-state index contributed by atoms with van der Waals surface area (Å²) in [5.41, 5.74) is 26.2. The van der Waals surface area contributed by atoms with Crippen molar-refractivity contribution in [3.63, 3.8) is 0 Å². The zero-order valence-corrected chi connectivity index (χ0v) is 93.8. The average Bonchev–Trinajstić information content (AvgIpc) is 1.37. The molecule has 0 fully saturated rings. The molecule has 0 bridgehead atoms. The van der Waals surface area contributed by atoms with Crippen molar-refractivity contribution in [3.05, 3.63) is 205 Å². The van der Waals surface area contributed by atoms with E-state index in [0.29, 0.717) is 23.3 Å². The van der Waals surface area contributed by atoms with E-state index in [-0.39, 0.29) is 27.7 Å². The maximum absolute atomic E-state index is 13.8. The molecule has 4 aliphatic heterocycles. The van der Waals surface area contributed by atoms with Gasteiger partial charge in [-0.25, -0.2) is 39.9 Å². The zero-order chi connectivity index (χ0) is 105. The maximum Gasteiger partial charge on any atom is 0.277 e. The van der Waals surface area contributed by atoms with E-state index in [1.54, 1.807) is 9.35 Å². The minimum atomic E-state index is -0.235. The van der Waals surface area contributed by atoms with Gasteiger partial charge < -0.3 is 19.6 Å². The highest BCUT2D eigenvalue weighted by atomic mass is 16.2. The van der Waals surface area contributed by atoms with Crippen LogP contribution in [0, 0.1) is 33.1 Å². The lowest BCUT2D eigenvalue weighted by atomic mass is 9.82. The first-order valence-electron chi connectivity index (χ1n) is 56.4. The molecular formula is C120H180N20O4. The largest absolute Gasteiger partial charge is 0.372 e. The molecule has 784 valence electrons. The Labute approximate surface area is 864 Å². The molecule has 0 aliphatic carbocycles. The molecule has 0 atom stereocenters. The number of nitrogens with zero attached hydrogens (tertiary/aromatic N) is 20. The van der Waals surface area contributed by atoms with Gasteiger partial charge in [0.2, 0.25) is 0 Å². The van der Waals surface area contributed by atoms with Crippen LogP contribution in [0.3, 0.4) is 0 Å². The van der Waals surface area contributed by atoms with Gasteiger partial charge in [0, 0.05) is 103 Å². The van der Waals surface area contributed by atoms with Crippen LogP contribution < -0.4 is 41.8 Å². The maximum atomic E-state index is 13.8. The summed E-state index contributed by atoms with van der Waals surface area (Å²) in [5.74, 6) is 2.44. The third-order valence-electron chi connectivity index (χ3n) is 28.6. The summed E-state index contributed by atoms with van der Waals surface area (Å²) in [4.78, 5) is 105. The fraction of sp³-hybridized carbons (Fsp3) is 0.600. The molecule has 0 N–H and O–H groups in total. The highest BCUT2D eigenvalue weighted by Crippen LogP contribution is 2.36. The number of aliphatic imine (C=N–C) groups is 4. The van der Waals surface area contributed by atoms with Gasteiger partial charge in [-0.05, 0) is 319 Å². The second-order valence-electron chi connectivity index (χ2n) is 39.9. The molecule has 4 aromatic carbocycles. The predicted molar refractivity (Wildman–Crippen MR) is 614 cm³/mol. The number of unbranched alkanes of at least 4 members (excludes halogenated alkanes) is 14. The van der Waals surface area contributed by atoms with E-state index in [4.69, 9.17) is 60.3 Å². The van der Waals surface area contributed by atoms with Crippen molar-refractivity contribution in [1.29, 1.82) is 0 Å². The molecule has 4 aromatic heterocycles. The van der Waals surface area contributed by atoms with Crippen LogP contribution in [-0.2, 0) is 51.4 Å². The number of aryl methyl sites for hydroxylation is 8. The van der Waals surface area contributed by atoms with Gasteiger partial charge >= 0.3 is 0 Å². The van der Waals surface area contributed by atoms with Gasteiger partial charge in [-0.3, -0.25) is 19.2 Å². The van der Waals surface area contributed by atoms with Crippen molar-refractivity contribution in [3.8, 4) is 0 Å². The Kier molecular flexibility index (Phi) is 47.7. The SMILES string of the molecule is CCCCCC1=Nn2c(nc(CCCC)c(CCCC)c2=O)C1=Nc1ccc(N(CC)CC)cc1C.CCCCCC1=Nn2c(nc(CCCCC)c(CCCCC)c2=O)C1=Nc1ccc(N(CC)CC)cc1C.CCCCc1nc2n(c(=O)c1CCCC)N=C(C(C)(C)CC)C2=Nc1ccc(N(CC)CC)cc1C.CCCCc1nc2n(c(=O)c1CCCC)N=C(CCC)C2=Nc1ccc(N(CC)CC)cc1C. The molecule has 24 nitrogen and oxygen atoms in total. The summed E-state index contributed by atoms with van der Waals surface area (Å²) in [6, 6.07) is 25.7. The molecule has 0 radical (unpaired) electrons. The molecular weight excluding hydrogens is 1790 g/mol. The van der Waals surface area contributed by atoms with Gasteiger partial charge in [0.05, 0.1) is 68.4 Å². The van der Waals surface area contributed by atoms with Gasteiger partial charge in [-0.2, -0.15) is 39.1 Å². The number of benzene rings is 4. The first kappa shape index (κ1) is 117. The van der Waals surface area contributed by atoms with E-state index in [1.165, 1.54) is 32.1 Å². The minimum Gasteiger partial charge on any atom is -0.372 e. The highest BCUT2D eigenvalue weighted by Gasteiger charge is 2.39. The van der Waals surface area contributed by atoms with Crippen LogP contribution >= 0.6 is 0 Å². The standard InChI is InChI=1S/C32H49N5O.2C30H45N5O.C28H41N5O/c1-7-12-15-18-26-28(19-16-13-8-2)34-31-30(29(20-17-14-9-3)35-37(31)32(26)38)33-27-22-21-25(23-24(27)6)36(10-4)11-5;1-9-14-16-23-25(17-15-10-2)32-28-26(27(30(7,8)11-3)33-35(28)29(23)36)31-24-19-18-22(20-21(24)6)34(12-4)13-5;1-7-12-15-18-27-28(31-25-20-19-23(21-22(25)6)34(10-4)11-5)29-32-26(17-14-9-3)24(16-13-8-2)30(36)35(29)33-27;1-7-12-15-22-24(16-13-8-2)30-27-26(25(14-9-3)31-33(27)28(22)34)29-23-18-17-21(19-20(23)6)32(10-4)11-5/h21-23H,7-20H2,1-6H3;18-20H,9-17H2,1-8H3;19-21H,7-18H2,1-6H3;17-19H,7-16H2,1-6H3. The molecule has 8 aromatic rings. The van der Waals surface area contributed by atoms with E-state index >= 15 is 0 Å². The molecule has 0 saturated carbocycles. The molecule has 8 heterocycles.